The number of nitrogens with zero attached hydrogens (tertiary/aromatic N) is 2. The minimum atomic E-state index is -0.905. The highest BCUT2D eigenvalue weighted by atomic mass is 35.5. The third-order valence-electron chi connectivity index (χ3n) is 7.46. The lowest BCUT2D eigenvalue weighted by Crippen LogP contribution is -2.36. The number of amides is 2. The molecule has 9 heteroatoms. The quantitative estimate of drug-likeness (QED) is 0.440. The fourth-order valence-corrected chi connectivity index (χ4v) is 5.81. The van der Waals surface area contributed by atoms with Gasteiger partial charge >= 0.3 is 0 Å². The average molecular weight is 542 g/mol. The average Bonchev–Trinajstić information content (AvgIpc) is 3.46. The van der Waals surface area contributed by atoms with Gasteiger partial charge in [0, 0.05) is 32.7 Å². The van der Waals surface area contributed by atoms with E-state index in [9.17, 15) is 22.8 Å². The fourth-order valence-electron chi connectivity index (χ4n) is 5.56. The zero-order chi connectivity index (χ0) is 26.8. The molecule has 0 aromatic heterocycles. The molecule has 3 aromatic rings. The van der Waals surface area contributed by atoms with Crippen molar-refractivity contribution in [3.8, 4) is 0 Å². The van der Waals surface area contributed by atoms with Crippen LogP contribution in [0.15, 0.2) is 66.7 Å². The van der Waals surface area contributed by atoms with Crippen LogP contribution in [0.3, 0.4) is 0 Å². The molecule has 2 aliphatic rings. The van der Waals surface area contributed by atoms with Gasteiger partial charge in [-0.2, -0.15) is 0 Å². The molecule has 198 valence electrons. The number of benzene rings is 3. The molecule has 2 saturated heterocycles. The molecule has 1 N–H and O–H groups in total. The summed E-state index contributed by atoms with van der Waals surface area (Å²) in [5, 5.41) is 2.92. The molecule has 2 amide bonds. The molecule has 5 nitrogen and oxygen atoms in total. The van der Waals surface area contributed by atoms with Crippen LogP contribution in [0.25, 0.3) is 0 Å². The molecule has 2 heterocycles. The zero-order valence-electron chi connectivity index (χ0n) is 20.5. The van der Waals surface area contributed by atoms with E-state index in [1.165, 1.54) is 24.3 Å². The Bertz CT molecular complexity index is 1290. The number of halogens is 4. The lowest BCUT2D eigenvalue weighted by Gasteiger charge is -2.25. The number of hydrogen-bond acceptors (Lipinski definition) is 3. The number of carbonyl (C=O) groups excluding carboxylic acids is 2. The molecule has 0 saturated carbocycles. The minimum Gasteiger partial charge on any atom is -0.345 e. The van der Waals surface area contributed by atoms with Crippen molar-refractivity contribution in [1.82, 2.24) is 15.1 Å². The fraction of sp³-hybridized carbons (Fsp3) is 0.310. The Morgan fingerprint density at radius 1 is 0.816 bits per heavy atom. The summed E-state index contributed by atoms with van der Waals surface area (Å²) in [6, 6.07) is 16.4. The van der Waals surface area contributed by atoms with Gasteiger partial charge in [-0.25, -0.2) is 13.2 Å². The van der Waals surface area contributed by atoms with Crippen LogP contribution < -0.4 is 5.32 Å². The Morgan fingerprint density at radius 2 is 1.39 bits per heavy atom. The maximum Gasteiger partial charge on any atom is 0.258 e. The van der Waals surface area contributed by atoms with Crippen LogP contribution in [0.5, 0.6) is 0 Å². The third-order valence-corrected chi connectivity index (χ3v) is 7.77. The van der Waals surface area contributed by atoms with Crippen LogP contribution >= 0.6 is 11.6 Å². The highest BCUT2D eigenvalue weighted by molar-refractivity contribution is 6.33. The Labute approximate surface area is 224 Å². The molecule has 0 radical (unpaired) electrons. The van der Waals surface area contributed by atoms with E-state index in [1.54, 1.807) is 4.90 Å². The standard InChI is InChI=1S/C29H27ClF3N3O2/c30-21-8-4-9-22(31)26(21)29(38)36-16-19-14-35(15-20(19)17-36)13-12-25(18-6-2-1-3-7-18)34-28(37)27-23(32)10-5-11-24(27)33/h1-11,19-20,25H,12-17H2,(H,34,37)/t19?,20?,25-/m0/s1. The number of likely N-dealkylation sites (tertiary alicyclic amines) is 2. The Kier molecular flexibility index (Phi) is 7.72. The van der Waals surface area contributed by atoms with E-state index in [4.69, 9.17) is 11.6 Å². The molecule has 2 unspecified atom stereocenters. The second kappa shape index (κ2) is 11.2. The summed E-state index contributed by atoms with van der Waals surface area (Å²) in [4.78, 5) is 29.7. The van der Waals surface area contributed by atoms with Gasteiger partial charge in [-0.15, -0.1) is 0 Å². The van der Waals surface area contributed by atoms with Crippen molar-refractivity contribution >= 4 is 23.4 Å². The normalized spacial score (nSPS) is 19.8. The lowest BCUT2D eigenvalue weighted by molar-refractivity contribution is 0.0769. The van der Waals surface area contributed by atoms with Crippen LogP contribution in [-0.4, -0.2) is 54.3 Å². The van der Waals surface area contributed by atoms with E-state index in [0.29, 0.717) is 26.1 Å². The minimum absolute atomic E-state index is 0.0845. The molecule has 5 rings (SSSR count). The van der Waals surface area contributed by atoms with Gasteiger partial charge in [0.1, 0.15) is 23.0 Å². The lowest BCUT2D eigenvalue weighted by atomic mass is 10.0. The van der Waals surface area contributed by atoms with Gasteiger partial charge in [-0.3, -0.25) is 9.59 Å². The van der Waals surface area contributed by atoms with E-state index in [1.807, 2.05) is 30.3 Å². The third kappa shape index (κ3) is 5.42. The second-order valence-corrected chi connectivity index (χ2v) is 10.3. The molecule has 0 bridgehead atoms. The number of rotatable bonds is 7. The summed E-state index contributed by atoms with van der Waals surface area (Å²) in [6.45, 7) is 3.22. The number of hydrogen-bond donors (Lipinski definition) is 1. The summed E-state index contributed by atoms with van der Waals surface area (Å²) in [5.41, 5.74) is 0.165. The molecule has 0 aliphatic carbocycles. The highest BCUT2D eigenvalue weighted by Crippen LogP contribution is 2.34. The van der Waals surface area contributed by atoms with Gasteiger partial charge in [-0.1, -0.05) is 54.1 Å². The Morgan fingerprint density at radius 3 is 2.00 bits per heavy atom. The summed E-state index contributed by atoms with van der Waals surface area (Å²) in [6.07, 6.45) is 0.540. The van der Waals surface area contributed by atoms with Crippen molar-refractivity contribution in [2.75, 3.05) is 32.7 Å². The maximum atomic E-state index is 14.3. The first-order valence-corrected chi connectivity index (χ1v) is 12.9. The van der Waals surface area contributed by atoms with E-state index in [2.05, 4.69) is 10.2 Å². The predicted octanol–water partition coefficient (Wildman–Crippen LogP) is 5.32. The van der Waals surface area contributed by atoms with E-state index in [0.717, 1.165) is 30.8 Å². The van der Waals surface area contributed by atoms with E-state index < -0.39 is 35.0 Å². The highest BCUT2D eigenvalue weighted by Gasteiger charge is 2.42. The van der Waals surface area contributed by atoms with Crippen molar-refractivity contribution in [3.05, 3.63) is 106 Å². The van der Waals surface area contributed by atoms with Gasteiger partial charge in [0.25, 0.3) is 11.8 Å². The topological polar surface area (TPSA) is 52.7 Å². The molecule has 3 aromatic carbocycles. The molecule has 38 heavy (non-hydrogen) atoms. The maximum absolute atomic E-state index is 14.3. The molecular formula is C29H27ClF3N3O2. The summed E-state index contributed by atoms with van der Waals surface area (Å²) < 4.78 is 42.6. The molecular weight excluding hydrogens is 515 g/mol. The van der Waals surface area contributed by atoms with Crippen LogP contribution in [0.2, 0.25) is 5.02 Å². The zero-order valence-corrected chi connectivity index (χ0v) is 21.3. The first-order valence-electron chi connectivity index (χ1n) is 12.6. The van der Waals surface area contributed by atoms with Crippen molar-refractivity contribution in [2.45, 2.75) is 12.5 Å². The van der Waals surface area contributed by atoms with Crippen LogP contribution in [-0.2, 0) is 0 Å². The first-order chi connectivity index (χ1) is 18.3. The van der Waals surface area contributed by atoms with Crippen LogP contribution in [0.4, 0.5) is 13.2 Å². The molecule has 2 aliphatic heterocycles. The van der Waals surface area contributed by atoms with Gasteiger partial charge < -0.3 is 15.1 Å². The summed E-state index contributed by atoms with van der Waals surface area (Å²) >= 11 is 6.09. The molecule has 2 fully saturated rings. The summed E-state index contributed by atoms with van der Waals surface area (Å²) in [7, 11) is 0. The van der Waals surface area contributed by atoms with Gasteiger partial charge in [0.15, 0.2) is 0 Å². The van der Waals surface area contributed by atoms with Gasteiger partial charge in [0.2, 0.25) is 0 Å². The summed E-state index contributed by atoms with van der Waals surface area (Å²) in [5.74, 6) is -3.11. The number of carbonyl (C=O) groups is 2. The van der Waals surface area contributed by atoms with Crippen molar-refractivity contribution in [3.63, 3.8) is 0 Å². The van der Waals surface area contributed by atoms with Crippen molar-refractivity contribution in [2.24, 2.45) is 11.8 Å². The SMILES string of the molecule is O=C(N[C@@H](CCN1CC2CN(C(=O)c3c(F)cccc3Cl)CC2C1)c1ccccc1)c1c(F)cccc1F. The van der Waals surface area contributed by atoms with E-state index >= 15 is 0 Å². The largest absolute Gasteiger partial charge is 0.345 e. The van der Waals surface area contributed by atoms with Crippen LogP contribution in [0, 0.1) is 29.3 Å². The second-order valence-electron chi connectivity index (χ2n) is 9.91. The van der Waals surface area contributed by atoms with Crippen molar-refractivity contribution in [1.29, 1.82) is 0 Å². The van der Waals surface area contributed by atoms with E-state index in [-0.39, 0.29) is 28.3 Å². The van der Waals surface area contributed by atoms with Gasteiger partial charge in [-0.05, 0) is 48.1 Å². The monoisotopic (exact) mass is 541 g/mol. The number of nitrogens with one attached hydrogen (secondary N) is 1. The van der Waals surface area contributed by atoms with Gasteiger partial charge in [0.05, 0.1) is 16.6 Å². The molecule has 0 spiro atoms. The Hall–Kier alpha value is -3.36. The first kappa shape index (κ1) is 26.3. The predicted molar refractivity (Wildman–Crippen MR) is 138 cm³/mol. The van der Waals surface area contributed by atoms with Crippen LogP contribution in [0.1, 0.15) is 38.7 Å². The number of fused-ring (bicyclic) bond motifs is 1. The molecule has 3 atom stereocenters. The van der Waals surface area contributed by atoms with Crippen molar-refractivity contribution < 1.29 is 22.8 Å². The Balaban J connectivity index is 1.21. The smallest absolute Gasteiger partial charge is 0.258 e.